The molecule has 7 nitrogen and oxygen atoms in total. The molecule has 1 saturated heterocycles. The number of hydrogen-bond donors (Lipinski definition) is 2. The molecule has 0 aliphatic carbocycles. The number of nitrogens with zero attached hydrogens (tertiary/aromatic N) is 1. The van der Waals surface area contributed by atoms with Gasteiger partial charge >= 0.3 is 5.97 Å². The largest absolute Gasteiger partial charge is 0.481 e. The van der Waals surface area contributed by atoms with Gasteiger partial charge in [0.25, 0.3) is 5.91 Å². The lowest BCUT2D eigenvalue weighted by Crippen LogP contribution is -2.48. The van der Waals surface area contributed by atoms with Gasteiger partial charge in [0.15, 0.2) is 0 Å². The second-order valence-electron chi connectivity index (χ2n) is 6.26. The number of rotatable bonds is 4. The van der Waals surface area contributed by atoms with E-state index in [4.69, 9.17) is 0 Å². The molecule has 1 unspecified atom stereocenters. The Bertz CT molecular complexity index is 780. The summed E-state index contributed by atoms with van der Waals surface area (Å²) in [7, 11) is -3.65. The first-order valence-corrected chi connectivity index (χ1v) is 9.21. The molecule has 0 spiro atoms. The summed E-state index contributed by atoms with van der Waals surface area (Å²) in [5.74, 6) is -2.29. The van der Waals surface area contributed by atoms with E-state index in [-0.39, 0.29) is 17.8 Å². The summed E-state index contributed by atoms with van der Waals surface area (Å²) in [6.07, 6.45) is 1.86. The van der Waals surface area contributed by atoms with E-state index in [1.54, 1.807) is 6.92 Å². The van der Waals surface area contributed by atoms with Crippen molar-refractivity contribution in [2.75, 3.05) is 24.1 Å². The maximum Gasteiger partial charge on any atom is 0.311 e. The van der Waals surface area contributed by atoms with Gasteiger partial charge in [0, 0.05) is 13.1 Å². The molecule has 1 fully saturated rings. The Labute approximate surface area is 139 Å². The molecule has 1 aromatic carbocycles. The van der Waals surface area contributed by atoms with Crippen LogP contribution in [-0.2, 0) is 14.8 Å². The van der Waals surface area contributed by atoms with E-state index in [1.807, 2.05) is 0 Å². The van der Waals surface area contributed by atoms with E-state index in [0.717, 1.165) is 18.4 Å². The van der Waals surface area contributed by atoms with E-state index < -0.39 is 33.1 Å². The number of halogens is 1. The van der Waals surface area contributed by atoms with Crippen LogP contribution in [0.1, 0.15) is 30.1 Å². The highest BCUT2D eigenvalue weighted by molar-refractivity contribution is 7.92. The van der Waals surface area contributed by atoms with Crippen molar-refractivity contribution in [3.05, 3.63) is 29.6 Å². The summed E-state index contributed by atoms with van der Waals surface area (Å²) in [5, 5.41) is 9.33. The van der Waals surface area contributed by atoms with Crippen molar-refractivity contribution < 1.29 is 27.5 Å². The molecule has 1 aliphatic heterocycles. The van der Waals surface area contributed by atoms with Gasteiger partial charge in [-0.25, -0.2) is 12.8 Å². The molecule has 1 amide bonds. The molecule has 1 aliphatic rings. The molecule has 132 valence electrons. The van der Waals surface area contributed by atoms with Gasteiger partial charge in [0.1, 0.15) is 5.82 Å². The summed E-state index contributed by atoms with van der Waals surface area (Å²) < 4.78 is 38.6. The molecule has 2 rings (SSSR count). The van der Waals surface area contributed by atoms with Crippen LogP contribution in [-0.4, -0.2) is 49.6 Å². The van der Waals surface area contributed by atoms with Crippen molar-refractivity contribution in [2.24, 2.45) is 5.41 Å². The minimum absolute atomic E-state index is 0.0179. The summed E-state index contributed by atoms with van der Waals surface area (Å²) in [5.41, 5.74) is -1.26. The van der Waals surface area contributed by atoms with Crippen molar-refractivity contribution in [3.8, 4) is 0 Å². The molecular weight excluding hydrogens is 339 g/mol. The first kappa shape index (κ1) is 18.2. The second kappa shape index (κ2) is 6.39. The fraction of sp³-hybridized carbons (Fsp3) is 0.467. The van der Waals surface area contributed by atoms with Crippen LogP contribution < -0.4 is 4.72 Å². The van der Waals surface area contributed by atoms with Crippen LogP contribution in [0.25, 0.3) is 0 Å². The van der Waals surface area contributed by atoms with E-state index >= 15 is 0 Å². The number of carbonyl (C=O) groups excluding carboxylic acids is 1. The summed E-state index contributed by atoms with van der Waals surface area (Å²) >= 11 is 0. The number of likely N-dealkylation sites (tertiary alicyclic amines) is 1. The SMILES string of the molecule is CC1(C(=O)O)CCCN(C(=O)c2cc(F)ccc2NS(C)(=O)=O)C1. The number of aliphatic carboxylic acids is 1. The predicted molar refractivity (Wildman–Crippen MR) is 85.7 cm³/mol. The zero-order valence-electron chi connectivity index (χ0n) is 13.4. The fourth-order valence-corrected chi connectivity index (χ4v) is 3.32. The monoisotopic (exact) mass is 358 g/mol. The van der Waals surface area contributed by atoms with Crippen molar-refractivity contribution >= 4 is 27.6 Å². The lowest BCUT2D eigenvalue weighted by molar-refractivity contribution is -0.150. The quantitative estimate of drug-likeness (QED) is 0.849. The lowest BCUT2D eigenvalue weighted by atomic mass is 9.82. The first-order chi connectivity index (χ1) is 11.0. The van der Waals surface area contributed by atoms with Gasteiger partial charge < -0.3 is 10.0 Å². The predicted octanol–water partition coefficient (Wildman–Crippen LogP) is 1.52. The average molecular weight is 358 g/mol. The van der Waals surface area contributed by atoms with Crippen LogP contribution >= 0.6 is 0 Å². The number of nitrogens with one attached hydrogen (secondary N) is 1. The number of amides is 1. The Balaban J connectivity index is 2.35. The van der Waals surface area contributed by atoms with Gasteiger partial charge in [-0.1, -0.05) is 0 Å². The molecular formula is C15H19FN2O5S. The Morgan fingerprint density at radius 1 is 1.38 bits per heavy atom. The third kappa shape index (κ3) is 4.02. The number of anilines is 1. The third-order valence-electron chi connectivity index (χ3n) is 4.01. The highest BCUT2D eigenvalue weighted by Gasteiger charge is 2.40. The van der Waals surface area contributed by atoms with E-state index in [2.05, 4.69) is 4.72 Å². The Hall–Kier alpha value is -2.16. The maximum atomic E-state index is 13.5. The zero-order valence-corrected chi connectivity index (χ0v) is 14.2. The molecule has 9 heteroatoms. The van der Waals surface area contributed by atoms with Gasteiger partial charge in [-0.2, -0.15) is 0 Å². The normalized spacial score (nSPS) is 21.4. The Morgan fingerprint density at radius 2 is 2.04 bits per heavy atom. The smallest absolute Gasteiger partial charge is 0.311 e. The number of piperidine rings is 1. The molecule has 0 radical (unpaired) electrons. The number of benzene rings is 1. The summed E-state index contributed by atoms with van der Waals surface area (Å²) in [4.78, 5) is 25.4. The number of sulfonamides is 1. The topological polar surface area (TPSA) is 104 Å². The molecule has 1 atom stereocenters. The minimum atomic E-state index is -3.65. The van der Waals surface area contributed by atoms with Gasteiger partial charge in [-0.05, 0) is 38.0 Å². The van der Waals surface area contributed by atoms with Crippen LogP contribution in [0, 0.1) is 11.2 Å². The van der Waals surface area contributed by atoms with Crippen LogP contribution in [0.2, 0.25) is 0 Å². The molecule has 0 bridgehead atoms. The number of carboxylic acids is 1. The second-order valence-corrected chi connectivity index (χ2v) is 8.01. The first-order valence-electron chi connectivity index (χ1n) is 7.32. The third-order valence-corrected chi connectivity index (χ3v) is 4.60. The van der Waals surface area contributed by atoms with Crippen LogP contribution in [0.5, 0.6) is 0 Å². The fourth-order valence-electron chi connectivity index (χ4n) is 2.74. The molecule has 0 aromatic heterocycles. The summed E-state index contributed by atoms with van der Waals surface area (Å²) in [6, 6.07) is 3.16. The lowest BCUT2D eigenvalue weighted by Gasteiger charge is -2.37. The van der Waals surface area contributed by atoms with Gasteiger partial charge in [0.2, 0.25) is 10.0 Å². The van der Waals surface area contributed by atoms with Gasteiger partial charge in [-0.3, -0.25) is 14.3 Å². The van der Waals surface area contributed by atoms with Crippen molar-refractivity contribution in [1.82, 2.24) is 4.90 Å². The van der Waals surface area contributed by atoms with Crippen LogP contribution in [0.15, 0.2) is 18.2 Å². The van der Waals surface area contributed by atoms with Crippen LogP contribution in [0.4, 0.5) is 10.1 Å². The van der Waals surface area contributed by atoms with Crippen molar-refractivity contribution in [3.63, 3.8) is 0 Å². The van der Waals surface area contributed by atoms with E-state index in [1.165, 1.54) is 11.0 Å². The number of carbonyl (C=O) groups is 2. The molecule has 0 saturated carbocycles. The minimum Gasteiger partial charge on any atom is -0.481 e. The summed E-state index contributed by atoms with van der Waals surface area (Å²) in [6.45, 7) is 1.86. The molecule has 1 aromatic rings. The molecule has 24 heavy (non-hydrogen) atoms. The van der Waals surface area contributed by atoms with E-state index in [0.29, 0.717) is 19.4 Å². The molecule has 1 heterocycles. The Kier molecular flexibility index (Phi) is 4.84. The maximum absolute atomic E-state index is 13.5. The van der Waals surface area contributed by atoms with Crippen molar-refractivity contribution in [1.29, 1.82) is 0 Å². The Morgan fingerprint density at radius 3 is 2.62 bits per heavy atom. The standard InChI is InChI=1S/C15H19FN2O5S/c1-15(14(20)21)6-3-7-18(9-15)13(19)11-8-10(16)4-5-12(11)17-24(2,22)23/h4-5,8,17H,3,6-7,9H2,1-2H3,(H,20,21). The number of hydrogen-bond acceptors (Lipinski definition) is 4. The molecule has 2 N–H and O–H groups in total. The van der Waals surface area contributed by atoms with Gasteiger partial charge in [-0.15, -0.1) is 0 Å². The van der Waals surface area contributed by atoms with Crippen LogP contribution in [0.3, 0.4) is 0 Å². The zero-order chi connectivity index (χ0) is 18.1. The highest BCUT2D eigenvalue weighted by atomic mass is 32.2. The highest BCUT2D eigenvalue weighted by Crippen LogP contribution is 2.31. The van der Waals surface area contributed by atoms with Crippen molar-refractivity contribution in [2.45, 2.75) is 19.8 Å². The average Bonchev–Trinajstić information content (AvgIpc) is 2.47. The van der Waals surface area contributed by atoms with Gasteiger partial charge in [0.05, 0.1) is 22.9 Å². The number of carboxylic acid groups (broad SMARTS) is 1. The van der Waals surface area contributed by atoms with E-state index in [9.17, 15) is 27.5 Å².